The summed E-state index contributed by atoms with van der Waals surface area (Å²) in [5.74, 6) is 1.64. The summed E-state index contributed by atoms with van der Waals surface area (Å²) in [6.07, 6.45) is -0.605. The predicted molar refractivity (Wildman–Crippen MR) is 98.6 cm³/mol. The van der Waals surface area contributed by atoms with Gasteiger partial charge in [0.15, 0.2) is 11.8 Å². The van der Waals surface area contributed by atoms with Gasteiger partial charge in [-0.15, -0.1) is 11.3 Å². The highest BCUT2D eigenvalue weighted by Crippen LogP contribution is 2.29. The van der Waals surface area contributed by atoms with E-state index < -0.39 is 6.10 Å². The van der Waals surface area contributed by atoms with Crippen LogP contribution in [0, 0.1) is 6.92 Å². The van der Waals surface area contributed by atoms with Gasteiger partial charge in [0.2, 0.25) is 5.89 Å². The topological polar surface area (TPSA) is 95.6 Å². The van der Waals surface area contributed by atoms with Crippen molar-refractivity contribution in [2.45, 2.75) is 26.5 Å². The summed E-state index contributed by atoms with van der Waals surface area (Å²) in [4.78, 5) is 9.45. The molecule has 0 aliphatic heterocycles. The fraction of sp³-hybridized carbons (Fsp3) is 0.353. The van der Waals surface area contributed by atoms with Crippen LogP contribution in [0.3, 0.4) is 0 Å². The minimum Gasteiger partial charge on any atom is -0.386 e. The van der Waals surface area contributed by atoms with Crippen LogP contribution in [0.2, 0.25) is 0 Å². The molecule has 1 aromatic carbocycles. The Hall–Kier alpha value is -2.45. The van der Waals surface area contributed by atoms with Crippen LogP contribution < -0.4 is 10.6 Å². The van der Waals surface area contributed by atoms with Crippen molar-refractivity contribution in [2.24, 2.45) is 4.99 Å². The van der Waals surface area contributed by atoms with Crippen LogP contribution in [0.5, 0.6) is 0 Å². The van der Waals surface area contributed by atoms with Crippen LogP contribution in [0.4, 0.5) is 0 Å². The van der Waals surface area contributed by atoms with Gasteiger partial charge in [-0.2, -0.15) is 4.98 Å². The Kier molecular flexibility index (Phi) is 5.62. The van der Waals surface area contributed by atoms with Gasteiger partial charge in [-0.1, -0.05) is 23.4 Å². The van der Waals surface area contributed by atoms with E-state index in [1.54, 1.807) is 18.3 Å². The normalized spacial score (nSPS) is 13.2. The van der Waals surface area contributed by atoms with Gasteiger partial charge in [0.1, 0.15) is 12.6 Å². The molecular weight excluding hydrogens is 338 g/mol. The second-order valence-electron chi connectivity index (χ2n) is 5.51. The molecule has 132 valence electrons. The lowest BCUT2D eigenvalue weighted by Crippen LogP contribution is -2.39. The summed E-state index contributed by atoms with van der Waals surface area (Å²) in [5.41, 5.74) is 0. The van der Waals surface area contributed by atoms with Gasteiger partial charge in [0, 0.05) is 22.7 Å². The zero-order valence-electron chi connectivity index (χ0n) is 14.2. The summed E-state index contributed by atoms with van der Waals surface area (Å²) in [5, 5.41) is 21.6. The van der Waals surface area contributed by atoms with E-state index in [0.717, 1.165) is 10.3 Å². The molecule has 7 nitrogen and oxygen atoms in total. The van der Waals surface area contributed by atoms with Gasteiger partial charge in [0.25, 0.3) is 0 Å². The van der Waals surface area contributed by atoms with Crippen molar-refractivity contribution in [1.29, 1.82) is 0 Å². The molecule has 0 spiro atoms. The minimum atomic E-state index is -0.605. The van der Waals surface area contributed by atoms with Crippen LogP contribution in [0.1, 0.15) is 29.6 Å². The molecule has 3 aromatic rings. The fourth-order valence-electron chi connectivity index (χ4n) is 2.35. The van der Waals surface area contributed by atoms with Crippen molar-refractivity contribution >= 4 is 27.4 Å². The van der Waals surface area contributed by atoms with E-state index in [-0.39, 0.29) is 6.54 Å². The van der Waals surface area contributed by atoms with Gasteiger partial charge in [-0.25, -0.2) is 4.99 Å². The Labute approximate surface area is 149 Å². The maximum atomic E-state index is 10.5. The van der Waals surface area contributed by atoms with E-state index in [1.165, 1.54) is 4.70 Å². The molecule has 1 unspecified atom stereocenters. The monoisotopic (exact) mass is 359 g/mol. The zero-order chi connectivity index (χ0) is 17.6. The van der Waals surface area contributed by atoms with Gasteiger partial charge in [-0.05, 0) is 31.4 Å². The summed E-state index contributed by atoms with van der Waals surface area (Å²) in [7, 11) is 0. The molecule has 0 bridgehead atoms. The molecule has 0 saturated carbocycles. The SMILES string of the molecule is CCNC(=NCc1nc(C)no1)NCC(O)c1cc2ccccc2s1. The van der Waals surface area contributed by atoms with Crippen LogP contribution in [-0.4, -0.2) is 34.3 Å². The number of rotatable bonds is 6. The average molecular weight is 359 g/mol. The van der Waals surface area contributed by atoms with Crippen molar-refractivity contribution in [3.05, 3.63) is 46.9 Å². The molecular formula is C17H21N5O2S. The second kappa shape index (κ2) is 8.09. The highest BCUT2D eigenvalue weighted by molar-refractivity contribution is 7.19. The smallest absolute Gasteiger partial charge is 0.248 e. The number of hydrogen-bond acceptors (Lipinski definition) is 6. The third-order valence-corrected chi connectivity index (χ3v) is 4.74. The summed E-state index contributed by atoms with van der Waals surface area (Å²) in [6, 6.07) is 10.1. The Morgan fingerprint density at radius 3 is 2.92 bits per heavy atom. The van der Waals surface area contributed by atoms with Crippen molar-refractivity contribution in [1.82, 2.24) is 20.8 Å². The molecule has 0 saturated heterocycles. The highest BCUT2D eigenvalue weighted by atomic mass is 32.1. The molecule has 3 rings (SSSR count). The Morgan fingerprint density at radius 1 is 1.36 bits per heavy atom. The third-order valence-electron chi connectivity index (χ3n) is 3.52. The van der Waals surface area contributed by atoms with E-state index in [1.807, 2.05) is 31.2 Å². The Bertz CT molecular complexity index is 824. The summed E-state index contributed by atoms with van der Waals surface area (Å²) in [6.45, 7) is 5.11. The number of aliphatic imine (C=N–C) groups is 1. The van der Waals surface area contributed by atoms with Gasteiger partial charge in [0.05, 0.1) is 0 Å². The van der Waals surface area contributed by atoms with E-state index in [0.29, 0.717) is 30.8 Å². The van der Waals surface area contributed by atoms with Crippen molar-refractivity contribution in [3.8, 4) is 0 Å². The molecule has 0 aliphatic carbocycles. The first-order valence-electron chi connectivity index (χ1n) is 8.13. The molecule has 1 atom stereocenters. The van der Waals surface area contributed by atoms with Crippen LogP contribution >= 0.6 is 11.3 Å². The predicted octanol–water partition coefficient (Wildman–Crippen LogP) is 2.38. The van der Waals surface area contributed by atoms with Gasteiger partial charge in [-0.3, -0.25) is 0 Å². The summed E-state index contributed by atoms with van der Waals surface area (Å²) >= 11 is 1.60. The number of nitrogens with zero attached hydrogens (tertiary/aromatic N) is 3. The number of thiophene rings is 1. The molecule has 0 radical (unpaired) electrons. The van der Waals surface area contributed by atoms with Crippen LogP contribution in [0.15, 0.2) is 39.8 Å². The van der Waals surface area contributed by atoms with Crippen molar-refractivity contribution < 1.29 is 9.63 Å². The molecule has 3 N–H and O–H groups in total. The Balaban J connectivity index is 1.61. The maximum Gasteiger partial charge on any atom is 0.248 e. The van der Waals surface area contributed by atoms with E-state index in [9.17, 15) is 5.11 Å². The number of aliphatic hydroxyl groups is 1. The summed E-state index contributed by atoms with van der Waals surface area (Å²) < 4.78 is 6.22. The standard InChI is InChI=1S/C17H21N5O2S/c1-3-18-17(20-10-16-21-11(2)22-24-16)19-9-13(23)15-8-12-6-4-5-7-14(12)25-15/h4-8,13,23H,3,9-10H2,1-2H3,(H2,18,19,20). The lowest BCUT2D eigenvalue weighted by atomic mass is 10.2. The largest absolute Gasteiger partial charge is 0.386 e. The molecule has 0 aliphatic rings. The number of nitrogens with one attached hydrogen (secondary N) is 2. The van der Waals surface area contributed by atoms with Crippen LogP contribution in [0.25, 0.3) is 10.1 Å². The van der Waals surface area contributed by atoms with Crippen LogP contribution in [-0.2, 0) is 6.54 Å². The molecule has 25 heavy (non-hydrogen) atoms. The van der Waals surface area contributed by atoms with E-state index in [4.69, 9.17) is 4.52 Å². The van der Waals surface area contributed by atoms with Gasteiger partial charge >= 0.3 is 0 Å². The number of hydrogen-bond donors (Lipinski definition) is 3. The zero-order valence-corrected chi connectivity index (χ0v) is 15.0. The first kappa shape index (κ1) is 17.4. The lowest BCUT2D eigenvalue weighted by molar-refractivity contribution is 0.184. The molecule has 2 heterocycles. The number of guanidine groups is 1. The Morgan fingerprint density at radius 2 is 2.20 bits per heavy atom. The van der Waals surface area contributed by atoms with Crippen molar-refractivity contribution in [3.63, 3.8) is 0 Å². The number of aromatic nitrogens is 2. The molecule has 0 amide bonds. The number of aryl methyl sites for hydroxylation is 1. The first-order chi connectivity index (χ1) is 12.2. The molecule has 8 heteroatoms. The fourth-order valence-corrected chi connectivity index (χ4v) is 3.40. The lowest BCUT2D eigenvalue weighted by Gasteiger charge is -2.14. The number of benzene rings is 1. The van der Waals surface area contributed by atoms with Gasteiger partial charge < -0.3 is 20.3 Å². The average Bonchev–Trinajstić information content (AvgIpc) is 3.23. The minimum absolute atomic E-state index is 0.287. The second-order valence-corrected chi connectivity index (χ2v) is 6.63. The first-order valence-corrected chi connectivity index (χ1v) is 8.95. The molecule has 2 aromatic heterocycles. The van der Waals surface area contributed by atoms with E-state index in [2.05, 4.69) is 31.8 Å². The number of aliphatic hydroxyl groups excluding tert-OH is 1. The maximum absolute atomic E-state index is 10.5. The van der Waals surface area contributed by atoms with E-state index >= 15 is 0 Å². The highest BCUT2D eigenvalue weighted by Gasteiger charge is 2.12. The third kappa shape index (κ3) is 4.55. The quantitative estimate of drug-likeness (QED) is 0.462. The number of fused-ring (bicyclic) bond motifs is 1. The van der Waals surface area contributed by atoms with Crippen molar-refractivity contribution in [2.75, 3.05) is 13.1 Å². The molecule has 0 fully saturated rings.